The van der Waals surface area contributed by atoms with Crippen molar-refractivity contribution in [1.29, 1.82) is 0 Å². The Morgan fingerprint density at radius 3 is 2.55 bits per heavy atom. The van der Waals surface area contributed by atoms with Gasteiger partial charge in [0.25, 0.3) is 0 Å². The van der Waals surface area contributed by atoms with Crippen molar-refractivity contribution in [1.82, 2.24) is 9.29 Å². The number of nitrogens with zero attached hydrogens (tertiary/aromatic N) is 3. The molecule has 2 aromatic carbocycles. The molecule has 0 unspecified atom stereocenters. The van der Waals surface area contributed by atoms with E-state index >= 15 is 0 Å². The summed E-state index contributed by atoms with van der Waals surface area (Å²) in [5.74, 6) is -1.03. The number of aromatic nitrogens is 1. The third-order valence-corrected chi connectivity index (χ3v) is 8.48. The smallest absolute Gasteiger partial charge is 0.243 e. The summed E-state index contributed by atoms with van der Waals surface area (Å²) in [6, 6.07) is 8.50. The van der Waals surface area contributed by atoms with Gasteiger partial charge in [0, 0.05) is 38.0 Å². The van der Waals surface area contributed by atoms with Crippen molar-refractivity contribution < 1.29 is 17.2 Å². The third-order valence-electron chi connectivity index (χ3n) is 5.19. The van der Waals surface area contributed by atoms with Crippen molar-refractivity contribution in [3.63, 3.8) is 0 Å². The second-order valence-corrected chi connectivity index (χ2v) is 10.5. The highest BCUT2D eigenvalue weighted by molar-refractivity contribution is 7.89. The van der Waals surface area contributed by atoms with E-state index in [0.717, 1.165) is 22.5 Å². The minimum Gasteiger partial charge on any atom is -0.345 e. The SMILES string of the molecule is Cc1ccc(F)cc1S(=O)(=O)N1CCN(c2nc(Cc3ccc(Cl)c(F)c3)cs2)CC1. The first-order valence-corrected chi connectivity index (χ1v) is 12.3. The molecule has 0 N–H and O–H groups in total. The van der Waals surface area contributed by atoms with Crippen LogP contribution in [0, 0.1) is 18.6 Å². The van der Waals surface area contributed by atoms with Gasteiger partial charge in [-0.3, -0.25) is 0 Å². The number of benzene rings is 2. The van der Waals surface area contributed by atoms with Gasteiger partial charge in [-0.05, 0) is 42.3 Å². The van der Waals surface area contributed by atoms with Crippen LogP contribution in [0.15, 0.2) is 46.7 Å². The monoisotopic (exact) mass is 483 g/mol. The van der Waals surface area contributed by atoms with E-state index in [1.807, 2.05) is 10.3 Å². The highest BCUT2D eigenvalue weighted by Gasteiger charge is 2.30. The van der Waals surface area contributed by atoms with E-state index < -0.39 is 21.7 Å². The Morgan fingerprint density at radius 2 is 1.84 bits per heavy atom. The van der Waals surface area contributed by atoms with E-state index in [4.69, 9.17) is 11.6 Å². The molecule has 164 valence electrons. The van der Waals surface area contributed by atoms with Crippen LogP contribution in [0.2, 0.25) is 5.02 Å². The average molecular weight is 484 g/mol. The first-order chi connectivity index (χ1) is 14.7. The highest BCUT2D eigenvalue weighted by Crippen LogP contribution is 2.27. The summed E-state index contributed by atoms with van der Waals surface area (Å²) >= 11 is 7.20. The van der Waals surface area contributed by atoms with Crippen LogP contribution in [-0.2, 0) is 16.4 Å². The average Bonchev–Trinajstić information content (AvgIpc) is 3.21. The maximum atomic E-state index is 13.6. The lowest BCUT2D eigenvalue weighted by atomic mass is 10.1. The van der Waals surface area contributed by atoms with Crippen LogP contribution in [0.1, 0.15) is 16.8 Å². The van der Waals surface area contributed by atoms with E-state index in [2.05, 4.69) is 4.98 Å². The van der Waals surface area contributed by atoms with E-state index in [9.17, 15) is 17.2 Å². The van der Waals surface area contributed by atoms with Gasteiger partial charge in [0.1, 0.15) is 11.6 Å². The summed E-state index contributed by atoms with van der Waals surface area (Å²) in [6.45, 7) is 3.20. The maximum Gasteiger partial charge on any atom is 0.243 e. The minimum atomic E-state index is -3.76. The van der Waals surface area contributed by atoms with Gasteiger partial charge in [0.05, 0.1) is 15.6 Å². The quantitative estimate of drug-likeness (QED) is 0.536. The zero-order chi connectivity index (χ0) is 22.2. The fourth-order valence-corrected chi connectivity index (χ4v) is 6.15. The van der Waals surface area contributed by atoms with Gasteiger partial charge in [-0.15, -0.1) is 11.3 Å². The molecule has 0 amide bonds. The number of rotatable bonds is 5. The number of anilines is 1. The summed E-state index contributed by atoms with van der Waals surface area (Å²) in [5.41, 5.74) is 2.11. The van der Waals surface area contributed by atoms with Crippen molar-refractivity contribution >= 4 is 38.1 Å². The molecular formula is C21H20ClF2N3O2S2. The molecule has 0 bridgehead atoms. The number of aryl methyl sites for hydroxylation is 1. The third kappa shape index (κ3) is 4.74. The Hall–Kier alpha value is -2.07. The maximum absolute atomic E-state index is 13.6. The Balaban J connectivity index is 1.42. The van der Waals surface area contributed by atoms with Gasteiger partial charge in [-0.25, -0.2) is 22.2 Å². The Labute approximate surface area is 189 Å². The van der Waals surface area contributed by atoms with Crippen molar-refractivity contribution in [3.05, 3.63) is 75.3 Å². The first kappa shape index (κ1) is 22.1. The van der Waals surface area contributed by atoms with Crippen LogP contribution < -0.4 is 4.90 Å². The molecule has 3 aromatic rings. The summed E-state index contributed by atoms with van der Waals surface area (Å²) in [7, 11) is -3.76. The summed E-state index contributed by atoms with van der Waals surface area (Å²) < 4.78 is 54.5. The van der Waals surface area contributed by atoms with Gasteiger partial charge < -0.3 is 4.90 Å². The Kier molecular flexibility index (Phi) is 6.30. The molecule has 2 heterocycles. The molecule has 1 saturated heterocycles. The molecule has 0 spiro atoms. The predicted molar refractivity (Wildman–Crippen MR) is 118 cm³/mol. The molecule has 31 heavy (non-hydrogen) atoms. The summed E-state index contributed by atoms with van der Waals surface area (Å²) in [6.07, 6.45) is 0.484. The van der Waals surface area contributed by atoms with Gasteiger partial charge in [-0.1, -0.05) is 23.7 Å². The second kappa shape index (κ2) is 8.82. The van der Waals surface area contributed by atoms with Crippen LogP contribution in [0.25, 0.3) is 0 Å². The topological polar surface area (TPSA) is 53.5 Å². The summed E-state index contributed by atoms with van der Waals surface area (Å²) in [5, 5.41) is 2.80. The van der Waals surface area contributed by atoms with Crippen molar-refractivity contribution in [2.75, 3.05) is 31.1 Å². The standard InChI is InChI=1S/C21H20ClF2N3O2S2/c1-14-2-4-16(23)12-20(14)31(28,29)27-8-6-26(7-9-27)21-25-17(13-30-21)10-15-3-5-18(22)19(24)11-15/h2-5,11-13H,6-10H2,1H3. The molecule has 5 nitrogen and oxygen atoms in total. The highest BCUT2D eigenvalue weighted by atomic mass is 35.5. The second-order valence-electron chi connectivity index (χ2n) is 7.35. The first-order valence-electron chi connectivity index (χ1n) is 9.63. The van der Waals surface area contributed by atoms with Gasteiger partial charge in [0.15, 0.2) is 5.13 Å². The number of halogens is 3. The van der Waals surface area contributed by atoms with Crippen molar-refractivity contribution in [3.8, 4) is 0 Å². The largest absolute Gasteiger partial charge is 0.345 e. The van der Waals surface area contributed by atoms with E-state index in [0.29, 0.717) is 25.1 Å². The Bertz CT molecular complexity index is 1210. The van der Waals surface area contributed by atoms with E-state index in [1.54, 1.807) is 13.0 Å². The number of sulfonamides is 1. The molecule has 0 saturated carbocycles. The molecule has 4 rings (SSSR count). The molecule has 1 fully saturated rings. The fourth-order valence-electron chi connectivity index (χ4n) is 3.49. The lowest BCUT2D eigenvalue weighted by molar-refractivity contribution is 0.384. The molecule has 0 radical (unpaired) electrons. The van der Waals surface area contributed by atoms with Gasteiger partial charge in [-0.2, -0.15) is 4.31 Å². The zero-order valence-electron chi connectivity index (χ0n) is 16.7. The molecule has 1 aliphatic heterocycles. The predicted octanol–water partition coefficient (Wildman–Crippen LogP) is 4.48. The molecule has 1 aliphatic rings. The number of thiazole rings is 1. The summed E-state index contributed by atoms with van der Waals surface area (Å²) in [4.78, 5) is 6.66. The van der Waals surface area contributed by atoms with E-state index in [1.165, 1.54) is 39.9 Å². The molecule has 1 aromatic heterocycles. The zero-order valence-corrected chi connectivity index (χ0v) is 19.1. The molecule has 10 heteroatoms. The van der Waals surface area contributed by atoms with Gasteiger partial charge in [0.2, 0.25) is 10.0 Å². The number of hydrogen-bond acceptors (Lipinski definition) is 5. The Morgan fingerprint density at radius 1 is 1.10 bits per heavy atom. The van der Waals surface area contributed by atoms with Crippen LogP contribution >= 0.6 is 22.9 Å². The van der Waals surface area contributed by atoms with Crippen LogP contribution in [0.4, 0.5) is 13.9 Å². The molecule has 0 aliphatic carbocycles. The van der Waals surface area contributed by atoms with Crippen molar-refractivity contribution in [2.24, 2.45) is 0 Å². The minimum absolute atomic E-state index is 0.00711. The van der Waals surface area contributed by atoms with Crippen LogP contribution in [0.3, 0.4) is 0 Å². The van der Waals surface area contributed by atoms with Crippen LogP contribution in [0.5, 0.6) is 0 Å². The lowest BCUT2D eigenvalue weighted by Gasteiger charge is -2.34. The van der Waals surface area contributed by atoms with Gasteiger partial charge >= 0.3 is 0 Å². The fraction of sp³-hybridized carbons (Fsp3) is 0.286. The number of hydrogen-bond donors (Lipinski definition) is 0. The normalized spacial score (nSPS) is 15.4. The van der Waals surface area contributed by atoms with Crippen molar-refractivity contribution in [2.45, 2.75) is 18.2 Å². The molecular weight excluding hydrogens is 464 g/mol. The van der Waals surface area contributed by atoms with Crippen LogP contribution in [-0.4, -0.2) is 43.9 Å². The van der Waals surface area contributed by atoms with E-state index in [-0.39, 0.29) is 23.0 Å². The number of piperazine rings is 1. The molecule has 0 atom stereocenters. The lowest BCUT2D eigenvalue weighted by Crippen LogP contribution is -2.48.